The predicted molar refractivity (Wildman–Crippen MR) is 131 cm³/mol. The molecule has 1 aromatic heterocycles. The Hall–Kier alpha value is -2.49. The van der Waals surface area contributed by atoms with Gasteiger partial charge in [-0.1, -0.05) is 46.3 Å². The van der Waals surface area contributed by atoms with Gasteiger partial charge >= 0.3 is 0 Å². The number of carbonyl (C=O) groups is 1. The van der Waals surface area contributed by atoms with Crippen molar-refractivity contribution in [3.05, 3.63) is 82.3 Å². The van der Waals surface area contributed by atoms with Gasteiger partial charge in [-0.25, -0.2) is 17.7 Å². The summed E-state index contributed by atoms with van der Waals surface area (Å²) >= 11 is 3.36. The Balaban J connectivity index is 1.32. The molecule has 0 saturated carbocycles. The Labute approximate surface area is 203 Å². The number of carbonyl (C=O) groups excluding carboxylic acids is 1. The molecular formula is C24H27BrN4O3S. The number of imidazole rings is 1. The van der Waals surface area contributed by atoms with Crippen LogP contribution in [0.5, 0.6) is 0 Å². The minimum atomic E-state index is -3.41. The van der Waals surface area contributed by atoms with Gasteiger partial charge in [0.1, 0.15) is 5.82 Å². The summed E-state index contributed by atoms with van der Waals surface area (Å²) in [6, 6.07) is 15.2. The van der Waals surface area contributed by atoms with Gasteiger partial charge in [0.2, 0.25) is 15.9 Å². The van der Waals surface area contributed by atoms with Crippen molar-refractivity contribution < 1.29 is 13.2 Å². The number of rotatable bonds is 7. The molecule has 4 rings (SSSR count). The number of amides is 1. The number of nitrogens with one attached hydrogen (secondary N) is 1. The lowest BCUT2D eigenvalue weighted by Gasteiger charge is -2.30. The molecule has 1 N–H and O–H groups in total. The molecule has 1 aliphatic heterocycles. The largest absolute Gasteiger partial charge is 0.352 e. The predicted octanol–water partition coefficient (Wildman–Crippen LogP) is 3.80. The monoisotopic (exact) mass is 530 g/mol. The molecule has 0 aliphatic carbocycles. The molecule has 9 heteroatoms. The van der Waals surface area contributed by atoms with Crippen LogP contribution < -0.4 is 5.32 Å². The summed E-state index contributed by atoms with van der Waals surface area (Å²) in [6.45, 7) is 3.08. The van der Waals surface area contributed by atoms with Gasteiger partial charge in [0.25, 0.3) is 0 Å². The van der Waals surface area contributed by atoms with Crippen LogP contribution >= 0.6 is 15.9 Å². The number of benzene rings is 2. The van der Waals surface area contributed by atoms with Crippen molar-refractivity contribution in [1.29, 1.82) is 0 Å². The minimum Gasteiger partial charge on any atom is -0.352 e. The van der Waals surface area contributed by atoms with Gasteiger partial charge in [0.05, 0.1) is 11.4 Å². The highest BCUT2D eigenvalue weighted by atomic mass is 79.9. The Morgan fingerprint density at radius 2 is 1.82 bits per heavy atom. The minimum absolute atomic E-state index is 0.0262. The van der Waals surface area contributed by atoms with E-state index in [0.29, 0.717) is 32.5 Å². The van der Waals surface area contributed by atoms with Crippen LogP contribution in [0.1, 0.15) is 29.8 Å². The fourth-order valence-electron chi connectivity index (χ4n) is 4.13. The van der Waals surface area contributed by atoms with Crippen LogP contribution in [0.3, 0.4) is 0 Å². The second-order valence-corrected chi connectivity index (χ2v) is 11.1. The van der Waals surface area contributed by atoms with E-state index >= 15 is 0 Å². The highest BCUT2D eigenvalue weighted by Gasteiger charge is 2.31. The topological polar surface area (TPSA) is 84.3 Å². The molecule has 0 unspecified atom stereocenters. The molecule has 33 heavy (non-hydrogen) atoms. The van der Waals surface area contributed by atoms with Gasteiger partial charge in [0, 0.05) is 42.4 Å². The van der Waals surface area contributed by atoms with Crippen LogP contribution in [0.4, 0.5) is 0 Å². The average molecular weight is 531 g/mol. The van der Waals surface area contributed by atoms with E-state index in [2.05, 4.69) is 26.2 Å². The van der Waals surface area contributed by atoms with E-state index in [0.717, 1.165) is 27.1 Å². The normalized spacial score (nSPS) is 15.5. The van der Waals surface area contributed by atoms with Crippen molar-refractivity contribution in [2.45, 2.75) is 32.1 Å². The number of piperidine rings is 1. The Morgan fingerprint density at radius 3 is 2.48 bits per heavy atom. The number of sulfonamides is 1. The molecule has 1 saturated heterocycles. The summed E-state index contributed by atoms with van der Waals surface area (Å²) < 4.78 is 30.0. The lowest BCUT2D eigenvalue weighted by Crippen LogP contribution is -2.43. The summed E-state index contributed by atoms with van der Waals surface area (Å²) in [6.07, 6.45) is 4.70. The molecule has 0 atom stereocenters. The lowest BCUT2D eigenvalue weighted by atomic mass is 9.97. The molecule has 1 fully saturated rings. The smallest absolute Gasteiger partial charge is 0.223 e. The molecule has 174 valence electrons. The second-order valence-electron chi connectivity index (χ2n) is 8.25. The summed E-state index contributed by atoms with van der Waals surface area (Å²) in [5, 5.41) is 3.04. The average Bonchev–Trinajstić information content (AvgIpc) is 3.25. The maximum Gasteiger partial charge on any atom is 0.223 e. The highest BCUT2D eigenvalue weighted by Crippen LogP contribution is 2.23. The van der Waals surface area contributed by atoms with Crippen molar-refractivity contribution in [2.24, 2.45) is 5.92 Å². The van der Waals surface area contributed by atoms with Crippen molar-refractivity contribution in [3.8, 4) is 5.69 Å². The van der Waals surface area contributed by atoms with E-state index < -0.39 is 10.0 Å². The van der Waals surface area contributed by atoms with Crippen molar-refractivity contribution in [1.82, 2.24) is 19.2 Å². The third-order valence-corrected chi connectivity index (χ3v) is 8.39. The van der Waals surface area contributed by atoms with Crippen LogP contribution in [-0.2, 0) is 27.1 Å². The van der Waals surface area contributed by atoms with E-state index in [1.807, 2.05) is 66.2 Å². The summed E-state index contributed by atoms with van der Waals surface area (Å²) in [5.41, 5.74) is 2.74. The fraction of sp³-hybridized carbons (Fsp3) is 0.333. The first-order chi connectivity index (χ1) is 15.8. The maximum atomic E-state index is 12.8. The summed E-state index contributed by atoms with van der Waals surface area (Å²) in [7, 11) is -3.41. The van der Waals surface area contributed by atoms with Gasteiger partial charge in [0.15, 0.2) is 0 Å². The summed E-state index contributed by atoms with van der Waals surface area (Å²) in [4.78, 5) is 17.1. The van der Waals surface area contributed by atoms with Gasteiger partial charge in [-0.15, -0.1) is 0 Å². The fourth-order valence-corrected chi connectivity index (χ4v) is 5.96. The Bertz CT molecular complexity index is 1220. The highest BCUT2D eigenvalue weighted by molar-refractivity contribution is 9.10. The number of aryl methyl sites for hydroxylation is 1. The molecule has 0 radical (unpaired) electrons. The third-order valence-electron chi connectivity index (χ3n) is 6.01. The second kappa shape index (κ2) is 10.2. The Morgan fingerprint density at radius 1 is 1.12 bits per heavy atom. The first kappa shape index (κ1) is 23.7. The number of hydrogen-bond acceptors (Lipinski definition) is 4. The molecule has 1 amide bonds. The van der Waals surface area contributed by atoms with Gasteiger partial charge < -0.3 is 9.88 Å². The van der Waals surface area contributed by atoms with E-state index in [1.54, 1.807) is 6.20 Å². The molecule has 0 spiro atoms. The van der Waals surface area contributed by atoms with Crippen LogP contribution in [0, 0.1) is 12.8 Å². The number of para-hydroxylation sites is 1. The van der Waals surface area contributed by atoms with E-state index in [9.17, 15) is 13.2 Å². The quantitative estimate of drug-likeness (QED) is 0.503. The lowest BCUT2D eigenvalue weighted by molar-refractivity contribution is -0.126. The van der Waals surface area contributed by atoms with Crippen molar-refractivity contribution in [2.75, 3.05) is 13.1 Å². The van der Waals surface area contributed by atoms with Crippen LogP contribution in [0.15, 0.2) is 65.4 Å². The SMILES string of the molecule is Cc1nccn1-c1ccccc1CNC(=O)C1CCN(S(=O)(=O)Cc2ccc(Br)cc2)CC1. The standard InChI is InChI=1S/C24H27BrN4O3S/c1-18-26-12-15-29(18)23-5-3-2-4-21(23)16-27-24(30)20-10-13-28(14-11-20)33(31,32)17-19-6-8-22(25)9-7-19/h2-9,12,15,20H,10-11,13-14,16-17H2,1H3,(H,27,30). The molecule has 3 aromatic rings. The van der Waals surface area contributed by atoms with Gasteiger partial charge in [-0.2, -0.15) is 0 Å². The zero-order chi connectivity index (χ0) is 23.4. The molecule has 2 heterocycles. The van der Waals surface area contributed by atoms with Gasteiger partial charge in [-0.3, -0.25) is 4.79 Å². The first-order valence-electron chi connectivity index (χ1n) is 10.9. The van der Waals surface area contributed by atoms with Crippen LogP contribution in [0.2, 0.25) is 0 Å². The first-order valence-corrected chi connectivity index (χ1v) is 13.3. The molecule has 1 aliphatic rings. The third kappa shape index (κ3) is 5.72. The van der Waals surface area contributed by atoms with E-state index in [4.69, 9.17) is 0 Å². The molecule has 2 aromatic carbocycles. The zero-order valence-corrected chi connectivity index (χ0v) is 20.8. The number of aromatic nitrogens is 2. The molecular weight excluding hydrogens is 504 g/mol. The van der Waals surface area contributed by atoms with E-state index in [-0.39, 0.29) is 17.6 Å². The maximum absolute atomic E-state index is 12.8. The molecule has 7 nitrogen and oxygen atoms in total. The number of halogens is 1. The number of nitrogens with zero attached hydrogens (tertiary/aromatic N) is 3. The van der Waals surface area contributed by atoms with E-state index in [1.165, 1.54) is 4.31 Å². The molecule has 0 bridgehead atoms. The van der Waals surface area contributed by atoms with Crippen LogP contribution in [0.25, 0.3) is 5.69 Å². The Kier molecular flexibility index (Phi) is 7.31. The zero-order valence-electron chi connectivity index (χ0n) is 18.4. The van der Waals surface area contributed by atoms with Crippen LogP contribution in [-0.4, -0.2) is 41.3 Å². The van der Waals surface area contributed by atoms with Gasteiger partial charge in [-0.05, 0) is 49.1 Å². The number of hydrogen-bond donors (Lipinski definition) is 1. The van der Waals surface area contributed by atoms with Crippen molar-refractivity contribution in [3.63, 3.8) is 0 Å². The summed E-state index contributed by atoms with van der Waals surface area (Å²) in [5.74, 6) is 0.635. The van der Waals surface area contributed by atoms with Crippen molar-refractivity contribution >= 4 is 31.9 Å².